The summed E-state index contributed by atoms with van der Waals surface area (Å²) in [4.78, 5) is 31.7. The van der Waals surface area contributed by atoms with Gasteiger partial charge in [-0.3, -0.25) is 14.5 Å². The lowest BCUT2D eigenvalue weighted by Crippen LogP contribution is -2.60. The Labute approximate surface area is 203 Å². The maximum absolute atomic E-state index is 12.1. The van der Waals surface area contributed by atoms with Gasteiger partial charge in [0, 0.05) is 51.1 Å². The first kappa shape index (κ1) is 24.6. The lowest BCUT2D eigenvalue weighted by Gasteiger charge is -2.42. The van der Waals surface area contributed by atoms with Gasteiger partial charge in [0.15, 0.2) is 0 Å². The van der Waals surface area contributed by atoms with Crippen LogP contribution in [0, 0.1) is 0 Å². The van der Waals surface area contributed by atoms with Crippen LogP contribution in [0.2, 0.25) is 0 Å². The summed E-state index contributed by atoms with van der Waals surface area (Å²) < 4.78 is 5.80. The molecule has 4 rings (SSSR count). The number of ether oxygens (including phenoxy) is 1. The van der Waals surface area contributed by atoms with Crippen LogP contribution < -0.4 is 10.1 Å². The van der Waals surface area contributed by atoms with E-state index in [1.165, 1.54) is 11.3 Å². The molecule has 0 unspecified atom stereocenters. The largest absolute Gasteiger partial charge is 0.494 e. The number of carbonyl (C=O) groups excluding carboxylic acids is 2. The Hall–Kier alpha value is -2.53. The molecule has 1 aromatic heterocycles. The average Bonchev–Trinajstić information content (AvgIpc) is 3.51. The monoisotopic (exact) mass is 488 g/mol. The number of hydrogen-bond donors (Lipinski definition) is 3. The predicted octanol–water partition coefficient (Wildman–Crippen LogP) is 1.26. The maximum Gasteiger partial charge on any atom is 0.270 e. The van der Waals surface area contributed by atoms with E-state index >= 15 is 0 Å². The number of amides is 2. The van der Waals surface area contributed by atoms with Crippen molar-refractivity contribution < 1.29 is 24.5 Å². The summed E-state index contributed by atoms with van der Waals surface area (Å²) in [5.41, 5.74) is 1.62. The molecule has 0 spiro atoms. The number of aliphatic hydroxyl groups excluding tert-OH is 1. The first-order valence-corrected chi connectivity index (χ1v) is 12.7. The molecular weight excluding hydrogens is 456 g/mol. The van der Waals surface area contributed by atoms with Gasteiger partial charge in [0.2, 0.25) is 5.91 Å². The number of nitrogens with zero attached hydrogens (tertiary/aromatic N) is 3. The minimum atomic E-state index is -1.36. The smallest absolute Gasteiger partial charge is 0.270 e. The van der Waals surface area contributed by atoms with Gasteiger partial charge in [-0.05, 0) is 37.0 Å². The molecule has 34 heavy (non-hydrogen) atoms. The number of β-amino-alcohol motifs (C(OH)–C–C–N with tert-alkyl or cyclic N) is 1. The number of rotatable bonds is 10. The van der Waals surface area contributed by atoms with E-state index in [0.29, 0.717) is 44.8 Å². The Morgan fingerprint density at radius 1 is 1.29 bits per heavy atom. The van der Waals surface area contributed by atoms with Gasteiger partial charge in [0.1, 0.15) is 17.0 Å². The zero-order valence-electron chi connectivity index (χ0n) is 19.2. The topological polar surface area (TPSA) is 115 Å². The molecule has 2 aliphatic rings. The SMILES string of the molecule is O=C(NC[C@]1(O)CCN(Cc2ccc(OCCCN3CCCC3=O)cc2)C[C@H]1O)c1cscn1. The van der Waals surface area contributed by atoms with Crippen molar-refractivity contribution in [2.24, 2.45) is 0 Å². The Morgan fingerprint density at radius 2 is 2.12 bits per heavy atom. The molecule has 10 heteroatoms. The number of likely N-dealkylation sites (tertiary alicyclic amines) is 2. The molecule has 2 amide bonds. The number of benzene rings is 1. The molecule has 2 aliphatic heterocycles. The standard InChI is InChI=1S/C24H32N4O5S/c29-21-14-27(11-8-24(21,32)16-25-23(31)20-15-34-17-26-20)13-18-4-6-19(7-5-18)33-12-2-10-28-9-1-3-22(28)30/h4-7,15,17,21,29,32H,1-3,8-14,16H2,(H,25,31)/t21-,24-/m1/s1. The summed E-state index contributed by atoms with van der Waals surface area (Å²) in [6, 6.07) is 7.86. The number of piperidine rings is 1. The van der Waals surface area contributed by atoms with Crippen molar-refractivity contribution >= 4 is 23.2 Å². The van der Waals surface area contributed by atoms with Crippen LogP contribution in [0.25, 0.3) is 0 Å². The third-order valence-electron chi connectivity index (χ3n) is 6.47. The molecule has 2 saturated heterocycles. The van der Waals surface area contributed by atoms with E-state index in [4.69, 9.17) is 4.74 Å². The van der Waals surface area contributed by atoms with Crippen LogP contribution in [0.15, 0.2) is 35.2 Å². The van der Waals surface area contributed by atoms with Gasteiger partial charge < -0.3 is 25.2 Å². The first-order valence-electron chi connectivity index (χ1n) is 11.7. The van der Waals surface area contributed by atoms with Gasteiger partial charge in [-0.1, -0.05) is 12.1 Å². The fraction of sp³-hybridized carbons (Fsp3) is 0.542. The summed E-state index contributed by atoms with van der Waals surface area (Å²) in [5.74, 6) is 0.683. The van der Waals surface area contributed by atoms with Crippen LogP contribution in [0.1, 0.15) is 41.7 Å². The number of hydrogen-bond acceptors (Lipinski definition) is 8. The van der Waals surface area contributed by atoms with Crippen molar-refractivity contribution in [1.29, 1.82) is 0 Å². The predicted molar refractivity (Wildman–Crippen MR) is 128 cm³/mol. The molecule has 3 N–H and O–H groups in total. The number of aliphatic hydroxyl groups is 2. The van der Waals surface area contributed by atoms with Crippen molar-refractivity contribution in [1.82, 2.24) is 20.1 Å². The highest BCUT2D eigenvalue weighted by Gasteiger charge is 2.40. The Kier molecular flexibility index (Phi) is 8.15. The summed E-state index contributed by atoms with van der Waals surface area (Å²) in [7, 11) is 0. The van der Waals surface area contributed by atoms with E-state index < -0.39 is 11.7 Å². The second kappa shape index (κ2) is 11.3. The van der Waals surface area contributed by atoms with Crippen LogP contribution in [-0.4, -0.2) is 87.8 Å². The first-order chi connectivity index (χ1) is 16.4. The fourth-order valence-corrected chi connectivity index (χ4v) is 4.89. The van der Waals surface area contributed by atoms with Crippen molar-refractivity contribution in [3.8, 4) is 5.75 Å². The average molecular weight is 489 g/mol. The Balaban J connectivity index is 1.18. The molecule has 0 bridgehead atoms. The number of carbonyl (C=O) groups is 2. The molecule has 0 aliphatic carbocycles. The van der Waals surface area contributed by atoms with Gasteiger partial charge in [-0.15, -0.1) is 11.3 Å². The van der Waals surface area contributed by atoms with E-state index in [1.807, 2.05) is 29.2 Å². The van der Waals surface area contributed by atoms with Crippen molar-refractivity contribution in [2.75, 3.05) is 39.3 Å². The fourth-order valence-electron chi connectivity index (χ4n) is 4.36. The van der Waals surface area contributed by atoms with Gasteiger partial charge >= 0.3 is 0 Å². The molecule has 0 radical (unpaired) electrons. The zero-order valence-corrected chi connectivity index (χ0v) is 20.0. The van der Waals surface area contributed by atoms with E-state index in [-0.39, 0.29) is 18.4 Å². The van der Waals surface area contributed by atoms with Gasteiger partial charge in [-0.2, -0.15) is 0 Å². The lowest BCUT2D eigenvalue weighted by molar-refractivity contribution is -0.127. The van der Waals surface area contributed by atoms with Crippen LogP contribution in [0.4, 0.5) is 0 Å². The normalized spacial score (nSPS) is 23.3. The third-order valence-corrected chi connectivity index (χ3v) is 7.06. The summed E-state index contributed by atoms with van der Waals surface area (Å²) in [5, 5.41) is 25.7. The van der Waals surface area contributed by atoms with E-state index in [1.54, 1.807) is 10.9 Å². The number of nitrogens with one attached hydrogen (secondary N) is 1. The van der Waals surface area contributed by atoms with Crippen LogP contribution in [0.5, 0.6) is 5.75 Å². The van der Waals surface area contributed by atoms with Crippen LogP contribution in [-0.2, 0) is 11.3 Å². The minimum Gasteiger partial charge on any atom is -0.494 e. The van der Waals surface area contributed by atoms with Gasteiger partial charge in [0.05, 0.1) is 18.2 Å². The highest BCUT2D eigenvalue weighted by Crippen LogP contribution is 2.24. The molecule has 9 nitrogen and oxygen atoms in total. The Bertz CT molecular complexity index is 955. The van der Waals surface area contributed by atoms with E-state index in [2.05, 4.69) is 15.2 Å². The molecule has 1 aromatic carbocycles. The quantitative estimate of drug-likeness (QED) is 0.431. The summed E-state index contributed by atoms with van der Waals surface area (Å²) in [6.45, 7) is 3.72. The van der Waals surface area contributed by atoms with E-state index in [0.717, 1.165) is 37.2 Å². The van der Waals surface area contributed by atoms with E-state index in [9.17, 15) is 19.8 Å². The van der Waals surface area contributed by atoms with Crippen molar-refractivity contribution in [2.45, 2.75) is 43.9 Å². The third kappa shape index (κ3) is 6.32. The van der Waals surface area contributed by atoms with Crippen LogP contribution >= 0.6 is 11.3 Å². The molecule has 2 fully saturated rings. The molecule has 184 valence electrons. The second-order valence-electron chi connectivity index (χ2n) is 8.99. The lowest BCUT2D eigenvalue weighted by atomic mass is 9.88. The van der Waals surface area contributed by atoms with Crippen molar-refractivity contribution in [3.63, 3.8) is 0 Å². The molecule has 0 saturated carbocycles. The minimum absolute atomic E-state index is 0.0175. The molecular formula is C24H32N4O5S. The number of thiazole rings is 1. The maximum atomic E-state index is 12.1. The number of aromatic nitrogens is 1. The molecule has 2 atom stereocenters. The zero-order chi connectivity index (χ0) is 24.0. The highest BCUT2D eigenvalue weighted by molar-refractivity contribution is 7.07. The highest BCUT2D eigenvalue weighted by atomic mass is 32.1. The van der Waals surface area contributed by atoms with Gasteiger partial charge in [0.25, 0.3) is 5.91 Å². The summed E-state index contributed by atoms with van der Waals surface area (Å²) in [6.07, 6.45) is 1.82. The molecule has 3 heterocycles. The van der Waals surface area contributed by atoms with Crippen molar-refractivity contribution in [3.05, 3.63) is 46.4 Å². The van der Waals surface area contributed by atoms with Crippen LogP contribution in [0.3, 0.4) is 0 Å². The molecule has 2 aromatic rings. The second-order valence-corrected chi connectivity index (χ2v) is 9.71. The van der Waals surface area contributed by atoms with Gasteiger partial charge in [-0.25, -0.2) is 4.98 Å². The summed E-state index contributed by atoms with van der Waals surface area (Å²) >= 11 is 1.33. The Morgan fingerprint density at radius 3 is 2.79 bits per heavy atom.